The summed E-state index contributed by atoms with van der Waals surface area (Å²) in [6, 6.07) is 14.5. The molecular formula is C20H25NO5. The molecule has 2 aromatic rings. The minimum Gasteiger partial charge on any atom is -0.445 e. The predicted octanol–water partition coefficient (Wildman–Crippen LogP) is 2.20. The van der Waals surface area contributed by atoms with Crippen molar-refractivity contribution in [3.05, 3.63) is 70.8 Å². The number of aliphatic hydroxyl groups excluding tert-OH is 3. The Morgan fingerprint density at radius 3 is 2.58 bits per heavy atom. The van der Waals surface area contributed by atoms with Gasteiger partial charge in [-0.25, -0.2) is 4.79 Å². The van der Waals surface area contributed by atoms with E-state index in [0.717, 1.165) is 11.1 Å². The van der Waals surface area contributed by atoms with Crippen LogP contribution in [0, 0.1) is 6.92 Å². The van der Waals surface area contributed by atoms with Crippen molar-refractivity contribution in [1.82, 2.24) is 5.32 Å². The zero-order chi connectivity index (χ0) is 18.9. The van der Waals surface area contributed by atoms with Crippen LogP contribution in [0.2, 0.25) is 0 Å². The van der Waals surface area contributed by atoms with Crippen LogP contribution in [-0.2, 0) is 18.0 Å². The molecule has 1 amide bonds. The summed E-state index contributed by atoms with van der Waals surface area (Å²) in [4.78, 5) is 11.7. The first-order valence-electron chi connectivity index (χ1n) is 8.52. The lowest BCUT2D eigenvalue weighted by Crippen LogP contribution is -2.29. The molecule has 2 aromatic carbocycles. The molecule has 0 aliphatic carbocycles. The quantitative estimate of drug-likeness (QED) is 0.579. The zero-order valence-corrected chi connectivity index (χ0v) is 14.8. The maximum absolute atomic E-state index is 11.7. The normalized spacial score (nSPS) is 13.1. The maximum atomic E-state index is 11.7. The summed E-state index contributed by atoms with van der Waals surface area (Å²) in [6.45, 7) is 2.08. The molecule has 0 aliphatic rings. The van der Waals surface area contributed by atoms with E-state index < -0.39 is 18.3 Å². The first-order valence-corrected chi connectivity index (χ1v) is 8.52. The average molecular weight is 359 g/mol. The molecule has 0 radical (unpaired) electrons. The lowest BCUT2D eigenvalue weighted by atomic mass is 9.98. The molecule has 0 fully saturated rings. The highest BCUT2D eigenvalue weighted by atomic mass is 16.5. The van der Waals surface area contributed by atoms with Crippen LogP contribution in [0.25, 0.3) is 0 Å². The van der Waals surface area contributed by atoms with E-state index in [1.54, 1.807) is 18.2 Å². The Balaban J connectivity index is 1.75. The molecule has 0 saturated heterocycles. The molecule has 26 heavy (non-hydrogen) atoms. The number of alkyl carbamates (subject to hydrolysis) is 1. The summed E-state index contributed by atoms with van der Waals surface area (Å²) in [6.07, 6.45) is -2.54. The lowest BCUT2D eigenvalue weighted by Gasteiger charge is -2.19. The van der Waals surface area contributed by atoms with E-state index in [0.29, 0.717) is 11.1 Å². The van der Waals surface area contributed by atoms with E-state index in [1.807, 2.05) is 37.3 Å². The summed E-state index contributed by atoms with van der Waals surface area (Å²) in [7, 11) is 0. The molecule has 6 nitrogen and oxygen atoms in total. The Bertz CT molecular complexity index is 705. The van der Waals surface area contributed by atoms with E-state index in [-0.39, 0.29) is 26.2 Å². The SMILES string of the molecule is Cc1ccc(C(O)C(O)CCNC(=O)OCc2ccccc2)cc1CO. The van der Waals surface area contributed by atoms with E-state index in [1.165, 1.54) is 0 Å². The summed E-state index contributed by atoms with van der Waals surface area (Å²) in [5, 5.41) is 32.2. The Hall–Kier alpha value is -2.41. The average Bonchev–Trinajstić information content (AvgIpc) is 2.67. The maximum Gasteiger partial charge on any atom is 0.407 e. The first-order chi connectivity index (χ1) is 12.5. The topological polar surface area (TPSA) is 99.0 Å². The van der Waals surface area contributed by atoms with E-state index in [4.69, 9.17) is 4.74 Å². The standard InChI is InChI=1S/C20H25NO5/c1-14-7-8-16(11-17(14)12-22)19(24)18(23)9-10-21-20(25)26-13-15-5-3-2-4-6-15/h2-8,11,18-19,22-24H,9-10,12-13H2,1H3,(H,21,25). The molecule has 0 aliphatic heterocycles. The summed E-state index contributed by atoms with van der Waals surface area (Å²) in [5.74, 6) is 0. The number of rotatable bonds is 8. The number of nitrogens with one attached hydrogen (secondary N) is 1. The molecule has 140 valence electrons. The van der Waals surface area contributed by atoms with Gasteiger partial charge in [0.05, 0.1) is 12.7 Å². The van der Waals surface area contributed by atoms with Crippen molar-refractivity contribution in [2.45, 2.75) is 38.8 Å². The molecule has 2 unspecified atom stereocenters. The van der Waals surface area contributed by atoms with Crippen LogP contribution in [0.3, 0.4) is 0 Å². The molecule has 6 heteroatoms. The first kappa shape index (κ1) is 19.9. The van der Waals surface area contributed by atoms with Gasteiger partial charge in [0.25, 0.3) is 0 Å². The molecule has 4 N–H and O–H groups in total. The molecule has 0 aromatic heterocycles. The molecule has 0 heterocycles. The summed E-state index contributed by atoms with van der Waals surface area (Å²) in [5.41, 5.74) is 3.04. The largest absolute Gasteiger partial charge is 0.445 e. The van der Waals surface area contributed by atoms with Crippen molar-refractivity contribution < 1.29 is 24.9 Å². The van der Waals surface area contributed by atoms with Gasteiger partial charge in [0.15, 0.2) is 0 Å². The number of amides is 1. The van der Waals surface area contributed by atoms with Crippen molar-refractivity contribution >= 4 is 6.09 Å². The van der Waals surface area contributed by atoms with Crippen LogP contribution in [-0.4, -0.2) is 34.1 Å². The van der Waals surface area contributed by atoms with Gasteiger partial charge < -0.3 is 25.4 Å². The smallest absolute Gasteiger partial charge is 0.407 e. The van der Waals surface area contributed by atoms with Gasteiger partial charge in [-0.3, -0.25) is 0 Å². The van der Waals surface area contributed by atoms with Crippen molar-refractivity contribution in [1.29, 1.82) is 0 Å². The molecule has 2 rings (SSSR count). The summed E-state index contributed by atoms with van der Waals surface area (Å²) >= 11 is 0. The molecule has 0 bridgehead atoms. The number of ether oxygens (including phenoxy) is 1. The van der Waals surface area contributed by atoms with Crippen LogP contribution in [0.5, 0.6) is 0 Å². The number of hydrogen-bond acceptors (Lipinski definition) is 5. The Kier molecular flexibility index (Phi) is 7.59. The highest BCUT2D eigenvalue weighted by molar-refractivity contribution is 5.67. The monoisotopic (exact) mass is 359 g/mol. The van der Waals surface area contributed by atoms with Gasteiger partial charge in [-0.05, 0) is 35.6 Å². The van der Waals surface area contributed by atoms with Gasteiger partial charge in [0.2, 0.25) is 0 Å². The van der Waals surface area contributed by atoms with Crippen LogP contribution in [0.15, 0.2) is 48.5 Å². The summed E-state index contributed by atoms with van der Waals surface area (Å²) < 4.78 is 5.08. The van der Waals surface area contributed by atoms with Gasteiger partial charge in [-0.1, -0.05) is 48.5 Å². The fourth-order valence-corrected chi connectivity index (χ4v) is 2.52. The van der Waals surface area contributed by atoms with E-state index >= 15 is 0 Å². The molecular weight excluding hydrogens is 334 g/mol. The van der Waals surface area contributed by atoms with Crippen LogP contribution in [0.1, 0.15) is 34.8 Å². The molecule has 2 atom stereocenters. The van der Waals surface area contributed by atoms with E-state index in [2.05, 4.69) is 5.32 Å². The van der Waals surface area contributed by atoms with Gasteiger partial charge in [-0.2, -0.15) is 0 Å². The number of aryl methyl sites for hydroxylation is 1. The van der Waals surface area contributed by atoms with Crippen molar-refractivity contribution in [3.8, 4) is 0 Å². The third-order valence-corrected chi connectivity index (χ3v) is 4.17. The van der Waals surface area contributed by atoms with Gasteiger partial charge in [0.1, 0.15) is 12.7 Å². The Labute approximate surface area is 153 Å². The fraction of sp³-hybridized carbons (Fsp3) is 0.350. The highest BCUT2D eigenvalue weighted by Gasteiger charge is 2.19. The Morgan fingerprint density at radius 2 is 1.88 bits per heavy atom. The number of hydrogen-bond donors (Lipinski definition) is 4. The fourth-order valence-electron chi connectivity index (χ4n) is 2.52. The number of aliphatic hydroxyl groups is 3. The minimum absolute atomic E-state index is 0.128. The van der Waals surface area contributed by atoms with Crippen molar-refractivity contribution in [3.63, 3.8) is 0 Å². The third-order valence-electron chi connectivity index (χ3n) is 4.17. The molecule has 0 spiro atoms. The highest BCUT2D eigenvalue weighted by Crippen LogP contribution is 2.21. The second-order valence-corrected chi connectivity index (χ2v) is 6.13. The third kappa shape index (κ3) is 5.84. The van der Waals surface area contributed by atoms with Crippen molar-refractivity contribution in [2.24, 2.45) is 0 Å². The zero-order valence-electron chi connectivity index (χ0n) is 14.8. The van der Waals surface area contributed by atoms with E-state index in [9.17, 15) is 20.1 Å². The van der Waals surface area contributed by atoms with Gasteiger partial charge in [-0.15, -0.1) is 0 Å². The number of carbonyl (C=O) groups excluding carboxylic acids is 1. The predicted molar refractivity (Wildman–Crippen MR) is 97.3 cm³/mol. The number of benzene rings is 2. The minimum atomic E-state index is -1.09. The second kappa shape index (κ2) is 9.91. The second-order valence-electron chi connectivity index (χ2n) is 6.13. The van der Waals surface area contributed by atoms with Crippen molar-refractivity contribution in [2.75, 3.05) is 6.54 Å². The molecule has 0 saturated carbocycles. The number of carbonyl (C=O) groups is 1. The van der Waals surface area contributed by atoms with Gasteiger partial charge in [0, 0.05) is 6.54 Å². The lowest BCUT2D eigenvalue weighted by molar-refractivity contribution is 0.0135. The van der Waals surface area contributed by atoms with Crippen LogP contribution < -0.4 is 5.32 Å². The van der Waals surface area contributed by atoms with Crippen LogP contribution in [0.4, 0.5) is 4.79 Å². The van der Waals surface area contributed by atoms with Gasteiger partial charge >= 0.3 is 6.09 Å². The Morgan fingerprint density at radius 1 is 1.15 bits per heavy atom. The van der Waals surface area contributed by atoms with Crippen LogP contribution >= 0.6 is 0 Å².